The number of aryl methyl sites for hydroxylation is 1. The smallest absolute Gasteiger partial charge is 0.251 e. The molecule has 0 saturated heterocycles. The van der Waals surface area contributed by atoms with Gasteiger partial charge in [0.15, 0.2) is 0 Å². The Bertz CT molecular complexity index is 1460. The molecule has 0 aliphatic carbocycles. The van der Waals surface area contributed by atoms with Crippen molar-refractivity contribution < 1.29 is 14.3 Å². The van der Waals surface area contributed by atoms with E-state index in [2.05, 4.69) is 10.6 Å². The van der Waals surface area contributed by atoms with Gasteiger partial charge in [0.05, 0.1) is 28.9 Å². The van der Waals surface area contributed by atoms with Crippen LogP contribution in [0.15, 0.2) is 67.0 Å². The first kappa shape index (κ1) is 28.1. The molecule has 4 N–H and O–H groups in total. The number of imidazole rings is 1. The number of carbonyl (C=O) groups excluding carboxylic acids is 2. The van der Waals surface area contributed by atoms with E-state index < -0.39 is 6.04 Å². The summed E-state index contributed by atoms with van der Waals surface area (Å²) in [5, 5.41) is 6.20. The average Bonchev–Trinajstić information content (AvgIpc) is 3.34. The molecule has 2 atom stereocenters. The molecule has 0 spiro atoms. The van der Waals surface area contributed by atoms with Crippen LogP contribution in [-0.2, 0) is 11.2 Å². The van der Waals surface area contributed by atoms with Gasteiger partial charge >= 0.3 is 0 Å². The maximum Gasteiger partial charge on any atom is 0.251 e. The third-order valence-electron chi connectivity index (χ3n) is 6.24. The van der Waals surface area contributed by atoms with Gasteiger partial charge in [-0.3, -0.25) is 9.59 Å². The second-order valence-electron chi connectivity index (χ2n) is 9.97. The van der Waals surface area contributed by atoms with Gasteiger partial charge in [0, 0.05) is 30.1 Å². The lowest BCUT2D eigenvalue weighted by Gasteiger charge is -2.21. The third-order valence-corrected chi connectivity index (χ3v) is 6.53. The Morgan fingerprint density at radius 1 is 1.10 bits per heavy atom. The van der Waals surface area contributed by atoms with Crippen molar-refractivity contribution in [2.75, 3.05) is 6.54 Å². The lowest BCUT2D eigenvalue weighted by Crippen LogP contribution is -2.48. The SMILES string of the molecule is Cc1cccn2cc(-c3ccc(C[C@@H](CNC(=O)[C@@H](C)N)NC(=O)c4ccc(OC(C)C)c(Cl)c4)cc3)nc12. The van der Waals surface area contributed by atoms with Gasteiger partial charge in [-0.2, -0.15) is 0 Å². The van der Waals surface area contributed by atoms with Gasteiger partial charge in [-0.05, 0) is 69.5 Å². The van der Waals surface area contributed by atoms with Crippen LogP contribution < -0.4 is 21.1 Å². The minimum Gasteiger partial charge on any atom is -0.489 e. The molecule has 9 heteroatoms. The van der Waals surface area contributed by atoms with E-state index in [0.717, 1.165) is 28.0 Å². The van der Waals surface area contributed by atoms with Crippen LogP contribution >= 0.6 is 11.6 Å². The van der Waals surface area contributed by atoms with E-state index in [0.29, 0.717) is 22.8 Å². The summed E-state index contributed by atoms with van der Waals surface area (Å²) in [7, 11) is 0. The molecule has 4 aromatic rings. The Morgan fingerprint density at radius 2 is 1.85 bits per heavy atom. The van der Waals surface area contributed by atoms with Crippen molar-refractivity contribution in [3.05, 3.63) is 88.7 Å². The van der Waals surface area contributed by atoms with Gasteiger partial charge in [-0.25, -0.2) is 4.98 Å². The number of ether oxygens (including phenoxy) is 1. The number of benzene rings is 2. The number of nitrogens with zero attached hydrogens (tertiary/aromatic N) is 2. The van der Waals surface area contributed by atoms with Crippen LogP contribution in [0.1, 0.15) is 42.3 Å². The highest BCUT2D eigenvalue weighted by Crippen LogP contribution is 2.26. The van der Waals surface area contributed by atoms with E-state index in [1.54, 1.807) is 25.1 Å². The zero-order valence-electron chi connectivity index (χ0n) is 22.6. The molecule has 8 nitrogen and oxygen atoms in total. The van der Waals surface area contributed by atoms with Crippen LogP contribution in [0.25, 0.3) is 16.9 Å². The van der Waals surface area contributed by atoms with Crippen molar-refractivity contribution in [3.8, 4) is 17.0 Å². The highest BCUT2D eigenvalue weighted by Gasteiger charge is 2.18. The zero-order chi connectivity index (χ0) is 28.1. The molecule has 2 heterocycles. The molecule has 0 bridgehead atoms. The second kappa shape index (κ2) is 12.3. The molecule has 39 heavy (non-hydrogen) atoms. The van der Waals surface area contributed by atoms with E-state index in [1.165, 1.54) is 0 Å². The Kier molecular flexibility index (Phi) is 8.89. The number of hydrogen-bond donors (Lipinski definition) is 3. The van der Waals surface area contributed by atoms with Crippen molar-refractivity contribution in [2.24, 2.45) is 5.73 Å². The highest BCUT2D eigenvalue weighted by atomic mass is 35.5. The zero-order valence-corrected chi connectivity index (χ0v) is 23.3. The van der Waals surface area contributed by atoms with Crippen LogP contribution in [0, 0.1) is 6.92 Å². The topological polar surface area (TPSA) is 111 Å². The van der Waals surface area contributed by atoms with E-state index in [4.69, 9.17) is 27.1 Å². The fourth-order valence-electron chi connectivity index (χ4n) is 4.21. The molecule has 0 radical (unpaired) electrons. The van der Waals surface area contributed by atoms with Crippen molar-refractivity contribution >= 4 is 29.1 Å². The number of amides is 2. The average molecular weight is 548 g/mol. The number of carbonyl (C=O) groups is 2. The fraction of sp³-hybridized carbons (Fsp3) is 0.300. The monoisotopic (exact) mass is 547 g/mol. The van der Waals surface area contributed by atoms with E-state index in [9.17, 15) is 9.59 Å². The normalized spacial score (nSPS) is 12.8. The number of halogens is 1. The van der Waals surface area contributed by atoms with E-state index in [1.807, 2.05) is 74.0 Å². The summed E-state index contributed by atoms with van der Waals surface area (Å²) in [4.78, 5) is 30.0. The minimum atomic E-state index is -0.651. The third kappa shape index (κ3) is 7.16. The number of pyridine rings is 1. The Labute approximate surface area is 233 Å². The summed E-state index contributed by atoms with van der Waals surface area (Å²) < 4.78 is 7.68. The van der Waals surface area contributed by atoms with Gasteiger partial charge < -0.3 is 25.5 Å². The fourth-order valence-corrected chi connectivity index (χ4v) is 4.43. The lowest BCUT2D eigenvalue weighted by molar-refractivity contribution is -0.122. The van der Waals surface area contributed by atoms with Crippen molar-refractivity contribution in [3.63, 3.8) is 0 Å². The van der Waals surface area contributed by atoms with E-state index >= 15 is 0 Å². The maximum atomic E-state index is 13.1. The van der Waals surface area contributed by atoms with Gasteiger partial charge in [0.25, 0.3) is 5.91 Å². The quantitative estimate of drug-likeness (QED) is 0.270. The molecule has 0 aliphatic rings. The molecule has 2 amide bonds. The second-order valence-corrected chi connectivity index (χ2v) is 10.4. The molecule has 2 aromatic carbocycles. The van der Waals surface area contributed by atoms with Gasteiger partial charge in [-0.1, -0.05) is 41.9 Å². The minimum absolute atomic E-state index is 0.0386. The lowest BCUT2D eigenvalue weighted by atomic mass is 10.0. The van der Waals surface area contributed by atoms with E-state index in [-0.39, 0.29) is 30.5 Å². The number of aromatic nitrogens is 2. The molecule has 4 rings (SSSR count). The van der Waals surface area contributed by atoms with Gasteiger partial charge in [-0.15, -0.1) is 0 Å². The number of nitrogens with one attached hydrogen (secondary N) is 2. The molecule has 0 unspecified atom stereocenters. The van der Waals surface area contributed by atoms with Crippen molar-refractivity contribution in [1.82, 2.24) is 20.0 Å². The first-order valence-corrected chi connectivity index (χ1v) is 13.3. The van der Waals surface area contributed by atoms with Crippen LogP contribution in [0.5, 0.6) is 5.75 Å². The number of rotatable bonds is 10. The highest BCUT2D eigenvalue weighted by molar-refractivity contribution is 6.32. The first-order chi connectivity index (χ1) is 18.6. The molecule has 0 aliphatic heterocycles. The number of hydrogen-bond acceptors (Lipinski definition) is 5. The molecular formula is C30H34ClN5O3. The van der Waals surface area contributed by atoms with Crippen LogP contribution in [0.3, 0.4) is 0 Å². The predicted molar refractivity (Wildman–Crippen MR) is 154 cm³/mol. The Balaban J connectivity index is 1.49. The van der Waals surface area contributed by atoms with Crippen LogP contribution in [0.2, 0.25) is 5.02 Å². The Hall–Kier alpha value is -3.88. The van der Waals surface area contributed by atoms with Crippen molar-refractivity contribution in [1.29, 1.82) is 0 Å². The first-order valence-electron chi connectivity index (χ1n) is 12.9. The summed E-state index contributed by atoms with van der Waals surface area (Å²) in [5.41, 5.74) is 11.0. The summed E-state index contributed by atoms with van der Waals surface area (Å²) in [6.45, 7) is 7.69. The standard InChI is InChI=1S/C30H34ClN5O3/c1-18(2)39-27-12-11-23(15-25(27)31)30(38)34-24(16-33-29(37)20(4)32)14-21-7-9-22(10-8-21)26-17-36-13-5-6-19(3)28(36)35-26/h5-13,15,17-18,20,24H,14,16,32H2,1-4H3,(H,33,37)(H,34,38)/t20-,24+/m1/s1. The summed E-state index contributed by atoms with van der Waals surface area (Å²) in [6.07, 6.45) is 4.45. The Morgan fingerprint density at radius 3 is 2.49 bits per heavy atom. The molecule has 0 fully saturated rings. The molecular weight excluding hydrogens is 514 g/mol. The maximum absolute atomic E-state index is 13.1. The van der Waals surface area contributed by atoms with Crippen LogP contribution in [-0.4, -0.2) is 45.9 Å². The molecule has 0 saturated carbocycles. The van der Waals surface area contributed by atoms with Crippen LogP contribution in [0.4, 0.5) is 0 Å². The predicted octanol–water partition coefficient (Wildman–Crippen LogP) is 4.55. The molecule has 204 valence electrons. The number of nitrogens with two attached hydrogens (primary N) is 1. The number of fused-ring (bicyclic) bond motifs is 1. The van der Waals surface area contributed by atoms with Crippen molar-refractivity contribution in [2.45, 2.75) is 52.3 Å². The summed E-state index contributed by atoms with van der Waals surface area (Å²) >= 11 is 6.34. The largest absolute Gasteiger partial charge is 0.489 e. The van der Waals surface area contributed by atoms with Gasteiger partial charge in [0.1, 0.15) is 11.4 Å². The molecule has 2 aromatic heterocycles. The summed E-state index contributed by atoms with van der Waals surface area (Å²) in [5.74, 6) is -0.0699. The summed E-state index contributed by atoms with van der Waals surface area (Å²) in [6, 6.07) is 16.0. The van der Waals surface area contributed by atoms with Gasteiger partial charge in [0.2, 0.25) is 5.91 Å².